The van der Waals surface area contributed by atoms with Crippen LogP contribution in [0.25, 0.3) is 0 Å². The van der Waals surface area contributed by atoms with E-state index in [0.29, 0.717) is 17.9 Å². The molecule has 0 fully saturated rings. The van der Waals surface area contributed by atoms with E-state index in [2.05, 4.69) is 21.4 Å². The van der Waals surface area contributed by atoms with Crippen molar-refractivity contribution in [2.24, 2.45) is 0 Å². The van der Waals surface area contributed by atoms with Crippen LogP contribution in [-0.2, 0) is 13.0 Å². The highest BCUT2D eigenvalue weighted by Gasteiger charge is 2.07. The predicted octanol–water partition coefficient (Wildman–Crippen LogP) is 2.41. The van der Waals surface area contributed by atoms with Gasteiger partial charge in [-0.1, -0.05) is 19.1 Å². The molecule has 0 aliphatic carbocycles. The second kappa shape index (κ2) is 6.02. The molecule has 1 aromatic carbocycles. The van der Waals surface area contributed by atoms with Gasteiger partial charge in [0, 0.05) is 18.5 Å². The molecule has 2 rings (SSSR count). The Morgan fingerprint density at radius 1 is 1.35 bits per heavy atom. The average molecular weight is 267 g/mol. The fraction of sp³-hybridized carbons (Fsp3) is 0.267. The van der Waals surface area contributed by atoms with Crippen molar-refractivity contribution < 1.29 is 0 Å². The van der Waals surface area contributed by atoms with E-state index < -0.39 is 0 Å². The molecule has 0 bridgehead atoms. The first-order chi connectivity index (χ1) is 9.63. The number of hydrogen-bond acceptors (Lipinski definition) is 5. The molecule has 0 unspecified atom stereocenters. The number of aryl methyl sites for hydroxylation is 1. The Bertz CT molecular complexity index is 658. The molecule has 3 N–H and O–H groups in total. The summed E-state index contributed by atoms with van der Waals surface area (Å²) in [5, 5.41) is 12.1. The smallest absolute Gasteiger partial charge is 0.135 e. The maximum atomic E-state index is 8.89. The van der Waals surface area contributed by atoms with Crippen molar-refractivity contribution in [3.8, 4) is 6.07 Å². The summed E-state index contributed by atoms with van der Waals surface area (Å²) >= 11 is 0. The van der Waals surface area contributed by atoms with Crippen molar-refractivity contribution in [3.05, 3.63) is 46.8 Å². The number of nitriles is 1. The van der Waals surface area contributed by atoms with Crippen LogP contribution in [0.15, 0.2) is 24.3 Å². The molecule has 0 aliphatic heterocycles. The van der Waals surface area contributed by atoms with Gasteiger partial charge in [0.05, 0.1) is 11.6 Å². The van der Waals surface area contributed by atoms with Gasteiger partial charge in [0.1, 0.15) is 17.5 Å². The Morgan fingerprint density at radius 3 is 2.85 bits per heavy atom. The number of benzene rings is 1. The molecule has 0 amide bonds. The van der Waals surface area contributed by atoms with E-state index in [0.717, 1.165) is 29.2 Å². The number of hydrogen-bond donors (Lipinski definition) is 2. The van der Waals surface area contributed by atoms with E-state index in [1.165, 1.54) is 0 Å². The number of anilines is 2. The Morgan fingerprint density at radius 2 is 2.15 bits per heavy atom. The first kappa shape index (κ1) is 13.8. The fourth-order valence-corrected chi connectivity index (χ4v) is 1.85. The van der Waals surface area contributed by atoms with Crippen LogP contribution < -0.4 is 11.1 Å². The topological polar surface area (TPSA) is 87.6 Å². The van der Waals surface area contributed by atoms with Crippen molar-refractivity contribution in [1.29, 1.82) is 5.26 Å². The molecule has 5 nitrogen and oxygen atoms in total. The average Bonchev–Trinajstić information content (AvgIpc) is 2.48. The van der Waals surface area contributed by atoms with E-state index >= 15 is 0 Å². The number of nitrogens with zero attached hydrogens (tertiary/aromatic N) is 3. The highest BCUT2D eigenvalue weighted by Crippen LogP contribution is 2.18. The molecule has 0 saturated carbocycles. The zero-order chi connectivity index (χ0) is 14.5. The third-order valence-corrected chi connectivity index (χ3v) is 3.06. The maximum absolute atomic E-state index is 8.89. The standard InChI is InChI=1S/C15H17N5/c1-3-13-19-14(17)10(2)15(20-13)18-9-12-6-4-5-11(7-12)8-16/h4-7H,3,9H2,1-2H3,(H3,17,18,19,20). The van der Waals surface area contributed by atoms with Gasteiger partial charge in [-0.05, 0) is 24.6 Å². The van der Waals surface area contributed by atoms with Gasteiger partial charge in [0.2, 0.25) is 0 Å². The summed E-state index contributed by atoms with van der Waals surface area (Å²) in [7, 11) is 0. The number of aromatic nitrogens is 2. The lowest BCUT2D eigenvalue weighted by Crippen LogP contribution is -2.09. The summed E-state index contributed by atoms with van der Waals surface area (Å²) < 4.78 is 0. The Labute approximate surface area is 118 Å². The monoisotopic (exact) mass is 267 g/mol. The zero-order valence-electron chi connectivity index (χ0n) is 11.6. The van der Waals surface area contributed by atoms with Gasteiger partial charge in [-0.15, -0.1) is 0 Å². The summed E-state index contributed by atoms with van der Waals surface area (Å²) in [6.45, 7) is 4.48. The van der Waals surface area contributed by atoms with Crippen molar-refractivity contribution in [3.63, 3.8) is 0 Å². The number of nitrogen functional groups attached to an aromatic ring is 1. The van der Waals surface area contributed by atoms with Crippen LogP contribution in [0, 0.1) is 18.3 Å². The van der Waals surface area contributed by atoms with Crippen LogP contribution in [0.1, 0.15) is 29.4 Å². The minimum atomic E-state index is 0.505. The molecule has 1 heterocycles. The Balaban J connectivity index is 2.18. The van der Waals surface area contributed by atoms with Gasteiger partial charge >= 0.3 is 0 Å². The van der Waals surface area contributed by atoms with Crippen LogP contribution >= 0.6 is 0 Å². The lowest BCUT2D eigenvalue weighted by molar-refractivity contribution is 0.928. The zero-order valence-corrected chi connectivity index (χ0v) is 11.6. The van der Waals surface area contributed by atoms with Crippen LogP contribution in [0.2, 0.25) is 0 Å². The molecule has 0 radical (unpaired) electrons. The summed E-state index contributed by atoms with van der Waals surface area (Å²) in [4.78, 5) is 8.66. The normalized spacial score (nSPS) is 10.1. The highest BCUT2D eigenvalue weighted by atomic mass is 15.1. The van der Waals surface area contributed by atoms with Crippen molar-refractivity contribution in [2.75, 3.05) is 11.1 Å². The number of rotatable bonds is 4. The molecule has 0 aliphatic rings. The molecule has 2 aromatic rings. The quantitative estimate of drug-likeness (QED) is 0.888. The van der Waals surface area contributed by atoms with E-state index in [-0.39, 0.29) is 0 Å². The largest absolute Gasteiger partial charge is 0.383 e. The number of nitrogens with one attached hydrogen (secondary N) is 1. The van der Waals surface area contributed by atoms with Gasteiger partial charge in [-0.25, -0.2) is 9.97 Å². The molecule has 0 saturated heterocycles. The van der Waals surface area contributed by atoms with E-state index in [9.17, 15) is 0 Å². The van der Waals surface area contributed by atoms with Crippen LogP contribution in [0.5, 0.6) is 0 Å². The second-order valence-corrected chi connectivity index (χ2v) is 4.52. The first-order valence-corrected chi connectivity index (χ1v) is 6.50. The lowest BCUT2D eigenvalue weighted by Gasteiger charge is -2.11. The van der Waals surface area contributed by atoms with Crippen LogP contribution in [-0.4, -0.2) is 9.97 Å². The van der Waals surface area contributed by atoms with E-state index in [1.807, 2.05) is 32.0 Å². The minimum Gasteiger partial charge on any atom is -0.383 e. The van der Waals surface area contributed by atoms with E-state index in [4.69, 9.17) is 11.0 Å². The minimum absolute atomic E-state index is 0.505. The van der Waals surface area contributed by atoms with Gasteiger partial charge in [-0.2, -0.15) is 5.26 Å². The third-order valence-electron chi connectivity index (χ3n) is 3.06. The molecule has 102 valence electrons. The molecule has 0 spiro atoms. The number of nitrogens with two attached hydrogens (primary N) is 1. The maximum Gasteiger partial charge on any atom is 0.135 e. The summed E-state index contributed by atoms with van der Waals surface area (Å²) in [6, 6.07) is 9.61. The molecular weight excluding hydrogens is 250 g/mol. The van der Waals surface area contributed by atoms with Crippen LogP contribution in [0.4, 0.5) is 11.6 Å². The molecule has 20 heavy (non-hydrogen) atoms. The van der Waals surface area contributed by atoms with Gasteiger partial charge in [-0.3, -0.25) is 0 Å². The van der Waals surface area contributed by atoms with Gasteiger partial charge in [0.15, 0.2) is 0 Å². The van der Waals surface area contributed by atoms with Crippen molar-refractivity contribution >= 4 is 11.6 Å². The summed E-state index contributed by atoms with van der Waals surface area (Å²) in [5.41, 5.74) is 8.40. The molecule has 1 aromatic heterocycles. The molecule has 0 atom stereocenters. The van der Waals surface area contributed by atoms with Gasteiger partial charge < -0.3 is 11.1 Å². The highest BCUT2D eigenvalue weighted by molar-refractivity contribution is 5.55. The molecule has 5 heteroatoms. The Kier molecular flexibility index (Phi) is 4.16. The predicted molar refractivity (Wildman–Crippen MR) is 79.0 cm³/mol. The van der Waals surface area contributed by atoms with Crippen molar-refractivity contribution in [2.45, 2.75) is 26.8 Å². The lowest BCUT2D eigenvalue weighted by atomic mass is 10.1. The second-order valence-electron chi connectivity index (χ2n) is 4.52. The first-order valence-electron chi connectivity index (χ1n) is 6.50. The Hall–Kier alpha value is -2.61. The van der Waals surface area contributed by atoms with Crippen molar-refractivity contribution in [1.82, 2.24) is 9.97 Å². The summed E-state index contributed by atoms with van der Waals surface area (Å²) in [5.74, 6) is 1.98. The van der Waals surface area contributed by atoms with Gasteiger partial charge in [0.25, 0.3) is 0 Å². The van der Waals surface area contributed by atoms with Crippen LogP contribution in [0.3, 0.4) is 0 Å². The summed E-state index contributed by atoms with van der Waals surface area (Å²) in [6.07, 6.45) is 0.739. The van der Waals surface area contributed by atoms with E-state index in [1.54, 1.807) is 6.07 Å². The fourth-order valence-electron chi connectivity index (χ4n) is 1.85. The SMILES string of the molecule is CCc1nc(N)c(C)c(NCc2cccc(C#N)c2)n1. The molecular formula is C15H17N5. The third kappa shape index (κ3) is 3.04.